The van der Waals surface area contributed by atoms with E-state index in [1.165, 1.54) is 32.2 Å². The van der Waals surface area contributed by atoms with E-state index in [4.69, 9.17) is 4.74 Å². The minimum atomic E-state index is 0.252. The van der Waals surface area contributed by atoms with Gasteiger partial charge in [0.05, 0.1) is 6.61 Å². The lowest BCUT2D eigenvalue weighted by atomic mass is 9.86. The normalized spacial score (nSPS) is 31.6. The third-order valence-corrected chi connectivity index (χ3v) is 4.93. The lowest BCUT2D eigenvalue weighted by Crippen LogP contribution is -2.68. The molecule has 2 rings (SSSR count). The largest absolute Gasteiger partial charge is 0.380 e. The zero-order chi connectivity index (χ0) is 13.9. The molecule has 0 radical (unpaired) electrons. The molecule has 0 spiro atoms. The molecule has 3 heteroatoms. The maximum Gasteiger partial charge on any atom is 0.0593 e. The van der Waals surface area contributed by atoms with Gasteiger partial charge in [0.1, 0.15) is 0 Å². The molecule has 1 unspecified atom stereocenters. The number of unbranched alkanes of at least 4 members (excludes halogenated alkanes) is 1. The van der Waals surface area contributed by atoms with Gasteiger partial charge in [-0.15, -0.1) is 0 Å². The van der Waals surface area contributed by atoms with Crippen LogP contribution in [0.3, 0.4) is 0 Å². The summed E-state index contributed by atoms with van der Waals surface area (Å²) in [5.41, 5.74) is 0.585. The van der Waals surface area contributed by atoms with Crippen LogP contribution in [0.25, 0.3) is 0 Å². The van der Waals surface area contributed by atoms with E-state index < -0.39 is 0 Å². The highest BCUT2D eigenvalue weighted by Gasteiger charge is 2.47. The van der Waals surface area contributed by atoms with Crippen LogP contribution in [-0.4, -0.2) is 48.8 Å². The van der Waals surface area contributed by atoms with Crippen LogP contribution in [0.5, 0.6) is 0 Å². The van der Waals surface area contributed by atoms with Crippen molar-refractivity contribution < 1.29 is 4.74 Å². The molecule has 112 valence electrons. The van der Waals surface area contributed by atoms with Crippen molar-refractivity contribution in [1.82, 2.24) is 10.2 Å². The van der Waals surface area contributed by atoms with Crippen LogP contribution in [0.2, 0.25) is 0 Å². The van der Waals surface area contributed by atoms with Gasteiger partial charge in [-0.1, -0.05) is 13.3 Å². The molecule has 1 N–H and O–H groups in total. The minimum absolute atomic E-state index is 0.252. The molecule has 0 bridgehead atoms. The topological polar surface area (TPSA) is 24.5 Å². The monoisotopic (exact) mass is 268 g/mol. The summed E-state index contributed by atoms with van der Waals surface area (Å²) in [5.74, 6) is 0.895. The van der Waals surface area contributed by atoms with Gasteiger partial charge in [0.15, 0.2) is 0 Å². The highest BCUT2D eigenvalue weighted by atomic mass is 16.5. The maximum absolute atomic E-state index is 5.75. The van der Waals surface area contributed by atoms with E-state index in [1.807, 2.05) is 0 Å². The van der Waals surface area contributed by atoms with Crippen LogP contribution in [0, 0.1) is 5.92 Å². The second kappa shape index (κ2) is 6.11. The predicted molar refractivity (Wildman–Crippen MR) is 80.5 cm³/mol. The van der Waals surface area contributed by atoms with Gasteiger partial charge < -0.3 is 10.1 Å². The highest BCUT2D eigenvalue weighted by molar-refractivity contribution is 5.06. The molecule has 2 aliphatic rings. The molecule has 0 aromatic rings. The van der Waals surface area contributed by atoms with Crippen molar-refractivity contribution in [3.05, 3.63) is 0 Å². The van der Waals surface area contributed by atoms with Crippen LogP contribution in [0.1, 0.15) is 53.4 Å². The molecule has 19 heavy (non-hydrogen) atoms. The summed E-state index contributed by atoms with van der Waals surface area (Å²) in [6.45, 7) is 14.4. The second-order valence-corrected chi connectivity index (χ2v) is 7.25. The Labute approximate surface area is 119 Å². The van der Waals surface area contributed by atoms with E-state index in [-0.39, 0.29) is 5.54 Å². The van der Waals surface area contributed by atoms with Gasteiger partial charge in [0.2, 0.25) is 0 Å². The molecular formula is C16H32N2O. The SMILES string of the molecule is CCCCOCCN1CC(C)(C2CC2)NCC1(C)C. The Bertz CT molecular complexity index is 288. The van der Waals surface area contributed by atoms with Crippen molar-refractivity contribution in [2.24, 2.45) is 5.92 Å². The summed E-state index contributed by atoms with van der Waals surface area (Å²) in [5, 5.41) is 3.81. The van der Waals surface area contributed by atoms with E-state index >= 15 is 0 Å². The van der Waals surface area contributed by atoms with Crippen LogP contribution in [-0.2, 0) is 4.74 Å². The number of hydrogen-bond acceptors (Lipinski definition) is 3. The third kappa shape index (κ3) is 3.93. The summed E-state index contributed by atoms with van der Waals surface area (Å²) in [7, 11) is 0. The summed E-state index contributed by atoms with van der Waals surface area (Å²) >= 11 is 0. The van der Waals surface area contributed by atoms with Crippen molar-refractivity contribution in [2.75, 3.05) is 32.8 Å². The molecule has 0 amide bonds. The van der Waals surface area contributed by atoms with Gasteiger partial charge in [0, 0.05) is 37.3 Å². The smallest absolute Gasteiger partial charge is 0.0593 e. The lowest BCUT2D eigenvalue weighted by molar-refractivity contribution is 0.0000708. The van der Waals surface area contributed by atoms with Crippen molar-refractivity contribution in [1.29, 1.82) is 0 Å². The zero-order valence-corrected chi connectivity index (χ0v) is 13.3. The first-order valence-electron chi connectivity index (χ1n) is 8.06. The zero-order valence-electron chi connectivity index (χ0n) is 13.3. The van der Waals surface area contributed by atoms with Gasteiger partial charge in [-0.05, 0) is 46.0 Å². The molecule has 0 aromatic heterocycles. The third-order valence-electron chi connectivity index (χ3n) is 4.93. The van der Waals surface area contributed by atoms with Gasteiger partial charge >= 0.3 is 0 Å². The van der Waals surface area contributed by atoms with Gasteiger partial charge in [-0.2, -0.15) is 0 Å². The van der Waals surface area contributed by atoms with Gasteiger partial charge in [-0.3, -0.25) is 4.90 Å². The van der Waals surface area contributed by atoms with Crippen LogP contribution >= 0.6 is 0 Å². The molecule has 1 saturated carbocycles. The summed E-state index contributed by atoms with van der Waals surface area (Å²) in [6.07, 6.45) is 5.22. The first-order valence-corrected chi connectivity index (χ1v) is 8.06. The van der Waals surface area contributed by atoms with E-state index in [0.717, 1.165) is 32.2 Å². The predicted octanol–water partition coefficient (Wildman–Crippen LogP) is 2.66. The number of nitrogens with one attached hydrogen (secondary N) is 1. The molecule has 1 aliphatic heterocycles. The molecule has 1 heterocycles. The quantitative estimate of drug-likeness (QED) is 0.718. The van der Waals surface area contributed by atoms with Crippen molar-refractivity contribution in [3.63, 3.8) is 0 Å². The Kier molecular flexibility index (Phi) is 4.91. The van der Waals surface area contributed by atoms with E-state index in [2.05, 4.69) is 37.9 Å². The van der Waals surface area contributed by atoms with E-state index in [1.54, 1.807) is 0 Å². The Morgan fingerprint density at radius 2 is 1.95 bits per heavy atom. The average molecular weight is 268 g/mol. The first-order chi connectivity index (χ1) is 8.98. The molecule has 3 nitrogen and oxygen atoms in total. The number of ether oxygens (including phenoxy) is 1. The molecule has 1 atom stereocenters. The van der Waals surface area contributed by atoms with Gasteiger partial charge in [-0.25, -0.2) is 0 Å². The second-order valence-electron chi connectivity index (χ2n) is 7.25. The fourth-order valence-electron chi connectivity index (χ4n) is 3.10. The fourth-order valence-corrected chi connectivity index (χ4v) is 3.10. The van der Waals surface area contributed by atoms with Gasteiger partial charge in [0.25, 0.3) is 0 Å². The molecule has 0 aromatic carbocycles. The lowest BCUT2D eigenvalue weighted by Gasteiger charge is -2.51. The molecular weight excluding hydrogens is 236 g/mol. The molecule has 1 saturated heterocycles. The summed E-state index contributed by atoms with van der Waals surface area (Å²) < 4.78 is 5.75. The minimum Gasteiger partial charge on any atom is -0.380 e. The van der Waals surface area contributed by atoms with E-state index in [0.29, 0.717) is 5.54 Å². The molecule has 2 fully saturated rings. The number of piperazine rings is 1. The number of nitrogens with zero attached hydrogens (tertiary/aromatic N) is 1. The number of rotatable bonds is 7. The van der Waals surface area contributed by atoms with Crippen LogP contribution in [0.4, 0.5) is 0 Å². The Morgan fingerprint density at radius 1 is 1.21 bits per heavy atom. The summed E-state index contributed by atoms with van der Waals surface area (Å²) in [6, 6.07) is 0. The Balaban J connectivity index is 1.81. The summed E-state index contributed by atoms with van der Waals surface area (Å²) in [4.78, 5) is 2.63. The van der Waals surface area contributed by atoms with Crippen molar-refractivity contribution >= 4 is 0 Å². The Hall–Kier alpha value is -0.120. The molecule has 1 aliphatic carbocycles. The Morgan fingerprint density at radius 3 is 2.58 bits per heavy atom. The van der Waals surface area contributed by atoms with Crippen molar-refractivity contribution in [2.45, 2.75) is 64.5 Å². The first kappa shape index (κ1) is 15.3. The van der Waals surface area contributed by atoms with Crippen LogP contribution in [0.15, 0.2) is 0 Å². The highest BCUT2D eigenvalue weighted by Crippen LogP contribution is 2.42. The fraction of sp³-hybridized carbons (Fsp3) is 1.00. The van der Waals surface area contributed by atoms with E-state index in [9.17, 15) is 0 Å². The van der Waals surface area contributed by atoms with Crippen LogP contribution < -0.4 is 5.32 Å². The maximum atomic E-state index is 5.75. The average Bonchev–Trinajstić information content (AvgIpc) is 3.18. The van der Waals surface area contributed by atoms with Crippen molar-refractivity contribution in [3.8, 4) is 0 Å². The number of hydrogen-bond donors (Lipinski definition) is 1. The standard InChI is InChI=1S/C16H32N2O/c1-5-6-10-19-11-9-18-13-16(4,14-7-8-14)17-12-15(18,2)3/h14,17H,5-13H2,1-4H3.